The van der Waals surface area contributed by atoms with Crippen molar-refractivity contribution < 1.29 is 9.59 Å². The number of amides is 2. The van der Waals surface area contributed by atoms with E-state index in [0.29, 0.717) is 5.69 Å². The van der Waals surface area contributed by atoms with Gasteiger partial charge in [-0.3, -0.25) is 9.59 Å². The molecule has 0 aromatic heterocycles. The van der Waals surface area contributed by atoms with Crippen molar-refractivity contribution in [2.24, 2.45) is 23.7 Å². The van der Waals surface area contributed by atoms with E-state index in [1.165, 1.54) is 16.0 Å². The number of imide groups is 1. The average molecular weight is 355 g/mol. The summed E-state index contributed by atoms with van der Waals surface area (Å²) < 4.78 is 0. The number of carbonyl (C=O) groups excluding carboxylic acids is 2. The lowest BCUT2D eigenvalue weighted by molar-refractivity contribution is -0.122. The molecule has 2 bridgehead atoms. The van der Waals surface area contributed by atoms with Crippen molar-refractivity contribution in [3.05, 3.63) is 77.9 Å². The molecule has 3 aliphatic rings. The van der Waals surface area contributed by atoms with Gasteiger partial charge in [0.25, 0.3) is 0 Å². The molecule has 3 nitrogen and oxygen atoms in total. The van der Waals surface area contributed by atoms with Crippen molar-refractivity contribution in [1.29, 1.82) is 0 Å². The summed E-state index contributed by atoms with van der Waals surface area (Å²) in [5.41, 5.74) is 5.15. The van der Waals surface area contributed by atoms with Crippen molar-refractivity contribution in [1.82, 2.24) is 0 Å². The van der Waals surface area contributed by atoms with Gasteiger partial charge in [0.15, 0.2) is 0 Å². The number of carbonyl (C=O) groups is 2. The zero-order valence-electron chi connectivity index (χ0n) is 15.4. The Morgan fingerprint density at radius 3 is 1.93 bits per heavy atom. The predicted octanol–water partition coefficient (Wildman–Crippen LogP) is 4.61. The summed E-state index contributed by atoms with van der Waals surface area (Å²) in [6, 6.07) is 17.6. The molecule has 5 rings (SSSR count). The van der Waals surface area contributed by atoms with Crippen LogP contribution in [0, 0.1) is 23.7 Å². The first-order valence-electron chi connectivity index (χ1n) is 9.47. The fourth-order valence-corrected chi connectivity index (χ4v) is 5.20. The quantitative estimate of drug-likeness (QED) is 0.583. The smallest absolute Gasteiger partial charge is 0.238 e. The number of benzene rings is 2. The van der Waals surface area contributed by atoms with Crippen molar-refractivity contribution in [3.8, 4) is 11.1 Å². The molecule has 4 atom stereocenters. The minimum Gasteiger partial charge on any atom is -0.274 e. The third-order valence-electron chi connectivity index (χ3n) is 6.22. The van der Waals surface area contributed by atoms with Crippen LogP contribution in [0.1, 0.15) is 13.8 Å². The van der Waals surface area contributed by atoms with Gasteiger partial charge in [-0.25, -0.2) is 4.90 Å². The molecule has 2 fully saturated rings. The summed E-state index contributed by atoms with van der Waals surface area (Å²) in [4.78, 5) is 28.2. The van der Waals surface area contributed by atoms with E-state index < -0.39 is 0 Å². The third-order valence-corrected chi connectivity index (χ3v) is 6.22. The number of fused-ring (bicyclic) bond motifs is 5. The minimum atomic E-state index is -0.249. The first-order chi connectivity index (χ1) is 13.1. The maximum Gasteiger partial charge on any atom is 0.238 e. The Kier molecular flexibility index (Phi) is 3.48. The fraction of sp³-hybridized carbons (Fsp3) is 0.250. The summed E-state index contributed by atoms with van der Waals surface area (Å²) in [7, 11) is 0. The minimum absolute atomic E-state index is 0.0519. The Hall–Kier alpha value is -2.94. The molecule has 2 amide bonds. The van der Waals surface area contributed by atoms with Crippen LogP contribution in [0.3, 0.4) is 0 Å². The highest BCUT2D eigenvalue weighted by Gasteiger charge is 2.62. The first kappa shape index (κ1) is 16.2. The van der Waals surface area contributed by atoms with Crippen LogP contribution in [0.4, 0.5) is 5.69 Å². The lowest BCUT2D eigenvalue weighted by Gasteiger charge is -2.22. The number of anilines is 1. The van der Waals surface area contributed by atoms with E-state index in [4.69, 9.17) is 0 Å². The second-order valence-corrected chi connectivity index (χ2v) is 7.84. The topological polar surface area (TPSA) is 37.4 Å². The van der Waals surface area contributed by atoms with Gasteiger partial charge in [0, 0.05) is 17.4 Å². The highest BCUT2D eigenvalue weighted by atomic mass is 16.2. The predicted molar refractivity (Wildman–Crippen MR) is 106 cm³/mol. The van der Waals surface area contributed by atoms with Gasteiger partial charge in [-0.05, 0) is 25.5 Å². The van der Waals surface area contributed by atoms with Crippen LogP contribution < -0.4 is 4.90 Å². The van der Waals surface area contributed by atoms with E-state index in [0.717, 1.165) is 11.1 Å². The van der Waals surface area contributed by atoms with Crippen molar-refractivity contribution >= 4 is 17.5 Å². The Morgan fingerprint density at radius 1 is 0.778 bits per heavy atom. The van der Waals surface area contributed by atoms with Gasteiger partial charge in [-0.2, -0.15) is 0 Å². The second-order valence-electron chi connectivity index (χ2n) is 7.84. The summed E-state index contributed by atoms with van der Waals surface area (Å²) in [6.07, 6.45) is 4.26. The third kappa shape index (κ3) is 2.14. The van der Waals surface area contributed by atoms with Crippen LogP contribution in [-0.4, -0.2) is 11.8 Å². The molecular weight excluding hydrogens is 334 g/mol. The molecule has 0 spiro atoms. The second kappa shape index (κ2) is 5.78. The van der Waals surface area contributed by atoms with Gasteiger partial charge >= 0.3 is 0 Å². The molecule has 3 heteroatoms. The summed E-state index contributed by atoms with van der Waals surface area (Å²) in [5.74, 6) is -0.443. The molecule has 2 aromatic carbocycles. The van der Waals surface area contributed by atoms with E-state index in [-0.39, 0.29) is 35.5 Å². The number of nitrogens with zero attached hydrogens (tertiary/aromatic N) is 1. The lowest BCUT2D eigenvalue weighted by atomic mass is 9.85. The van der Waals surface area contributed by atoms with Gasteiger partial charge < -0.3 is 0 Å². The summed E-state index contributed by atoms with van der Waals surface area (Å²) in [6.45, 7) is 4.17. The molecule has 134 valence electrons. The largest absolute Gasteiger partial charge is 0.274 e. The van der Waals surface area contributed by atoms with Gasteiger partial charge in [0.1, 0.15) is 0 Å². The number of allylic oxidation sites excluding steroid dienone is 4. The molecule has 0 unspecified atom stereocenters. The lowest BCUT2D eigenvalue weighted by Crippen LogP contribution is -2.33. The number of para-hydroxylation sites is 1. The molecule has 1 saturated carbocycles. The maximum absolute atomic E-state index is 13.4. The Morgan fingerprint density at radius 2 is 1.33 bits per heavy atom. The molecule has 2 aromatic rings. The first-order valence-corrected chi connectivity index (χ1v) is 9.47. The van der Waals surface area contributed by atoms with Crippen molar-refractivity contribution in [2.45, 2.75) is 13.8 Å². The van der Waals surface area contributed by atoms with Crippen LogP contribution in [0.15, 0.2) is 77.9 Å². The SMILES string of the molecule is CC(C)=C1[C@@H]2C=C[C@@H]1[C@@H]1C(=O)N(c3ccccc3-c3ccccc3)C(=O)[C@H]12. The maximum atomic E-state index is 13.4. The van der Waals surface area contributed by atoms with Crippen molar-refractivity contribution in [2.75, 3.05) is 4.90 Å². The Balaban J connectivity index is 1.60. The molecule has 0 N–H and O–H groups in total. The summed E-state index contributed by atoms with van der Waals surface area (Å²) in [5, 5.41) is 0. The number of rotatable bonds is 2. The van der Waals surface area contributed by atoms with Crippen LogP contribution in [0.2, 0.25) is 0 Å². The zero-order chi connectivity index (χ0) is 18.7. The zero-order valence-corrected chi connectivity index (χ0v) is 15.4. The Bertz CT molecular complexity index is 980. The Labute approximate surface area is 159 Å². The van der Waals surface area contributed by atoms with Crippen LogP contribution in [0.25, 0.3) is 11.1 Å². The molecular formula is C24H21NO2. The van der Waals surface area contributed by atoms with Crippen LogP contribution in [0.5, 0.6) is 0 Å². The summed E-state index contributed by atoms with van der Waals surface area (Å²) >= 11 is 0. The number of hydrogen-bond donors (Lipinski definition) is 0. The van der Waals surface area contributed by atoms with E-state index in [1.54, 1.807) is 0 Å². The van der Waals surface area contributed by atoms with E-state index in [9.17, 15) is 9.59 Å². The molecule has 27 heavy (non-hydrogen) atoms. The van der Waals surface area contributed by atoms with Gasteiger partial charge in [0.2, 0.25) is 11.8 Å². The van der Waals surface area contributed by atoms with E-state index >= 15 is 0 Å². The molecule has 1 saturated heterocycles. The van der Waals surface area contributed by atoms with E-state index in [2.05, 4.69) is 26.0 Å². The highest BCUT2D eigenvalue weighted by molar-refractivity contribution is 6.24. The van der Waals surface area contributed by atoms with Gasteiger partial charge in [-0.1, -0.05) is 71.8 Å². The average Bonchev–Trinajstić information content (AvgIpc) is 3.32. The monoisotopic (exact) mass is 355 g/mol. The standard InChI is InChI=1S/C24H21NO2/c1-14(2)20-17-12-13-18(20)22-21(17)23(26)25(24(22)27)19-11-7-6-10-16(19)15-8-4-3-5-9-15/h3-13,17-18,21-22H,1-2H3/t17-,18-,21-,22-/m0/s1. The molecule has 2 aliphatic carbocycles. The van der Waals surface area contributed by atoms with Crippen LogP contribution in [-0.2, 0) is 9.59 Å². The van der Waals surface area contributed by atoms with Gasteiger partial charge in [0.05, 0.1) is 17.5 Å². The van der Waals surface area contributed by atoms with Crippen molar-refractivity contribution in [3.63, 3.8) is 0 Å². The van der Waals surface area contributed by atoms with Gasteiger partial charge in [-0.15, -0.1) is 0 Å². The molecule has 0 radical (unpaired) electrons. The fourth-order valence-electron chi connectivity index (χ4n) is 5.20. The van der Waals surface area contributed by atoms with Crippen LogP contribution >= 0.6 is 0 Å². The molecule has 1 aliphatic heterocycles. The van der Waals surface area contributed by atoms with E-state index in [1.807, 2.05) is 54.6 Å². The highest BCUT2D eigenvalue weighted by Crippen LogP contribution is 2.57. The normalized spacial score (nSPS) is 28.2. The molecule has 1 heterocycles. The number of hydrogen-bond acceptors (Lipinski definition) is 2.